The molecule has 1 N–H and O–H groups in total. The lowest BCUT2D eigenvalue weighted by Crippen LogP contribution is -2.38. The largest absolute Gasteiger partial charge is 0.453 e. The standard InChI is InChI=1S/C21H22F3N7O2/c1-29(2)19(33)14-3-5-15(6-4-14)25-18(32)13-9-11-30(12-10-13)17-8-7-16-26-27-20(21(22,23)24)31(16)28-17/h3-8,13H,9-12H2,1-2H3,(H,25,32). The molecule has 9 nitrogen and oxygen atoms in total. The number of rotatable bonds is 4. The number of alkyl halides is 3. The molecule has 0 atom stereocenters. The van der Waals surface area contributed by atoms with Gasteiger partial charge in [-0.15, -0.1) is 15.3 Å². The number of amides is 2. The number of hydrogen-bond donors (Lipinski definition) is 1. The van der Waals surface area contributed by atoms with Crippen LogP contribution in [0.25, 0.3) is 5.65 Å². The van der Waals surface area contributed by atoms with E-state index in [1.807, 2.05) is 4.90 Å². The Morgan fingerprint density at radius 3 is 2.30 bits per heavy atom. The Kier molecular flexibility index (Phi) is 5.91. The maximum atomic E-state index is 13.1. The van der Waals surface area contributed by atoms with E-state index in [0.717, 1.165) is 0 Å². The van der Waals surface area contributed by atoms with Crippen LogP contribution in [0.2, 0.25) is 0 Å². The molecule has 2 amide bonds. The SMILES string of the molecule is CN(C)C(=O)c1ccc(NC(=O)C2CCN(c3ccc4nnc(C(F)(F)F)n4n3)CC2)cc1. The van der Waals surface area contributed by atoms with Crippen LogP contribution in [0.4, 0.5) is 24.7 Å². The predicted octanol–water partition coefficient (Wildman–Crippen LogP) is 2.70. The number of halogens is 3. The molecule has 1 aliphatic rings. The van der Waals surface area contributed by atoms with E-state index in [1.165, 1.54) is 11.0 Å². The minimum absolute atomic E-state index is 0.0126. The van der Waals surface area contributed by atoms with Crippen molar-refractivity contribution < 1.29 is 22.8 Å². The van der Waals surface area contributed by atoms with Gasteiger partial charge in [0.05, 0.1) is 0 Å². The average molecular weight is 461 g/mol. The van der Waals surface area contributed by atoms with Gasteiger partial charge in [0.15, 0.2) is 5.65 Å². The monoisotopic (exact) mass is 461 g/mol. The molecule has 1 saturated heterocycles. The minimum atomic E-state index is -4.66. The number of benzene rings is 1. The van der Waals surface area contributed by atoms with Crippen LogP contribution in [-0.4, -0.2) is 63.7 Å². The quantitative estimate of drug-likeness (QED) is 0.642. The second-order valence-corrected chi connectivity index (χ2v) is 8.01. The van der Waals surface area contributed by atoms with E-state index >= 15 is 0 Å². The zero-order valence-corrected chi connectivity index (χ0v) is 18.0. The van der Waals surface area contributed by atoms with Gasteiger partial charge < -0.3 is 15.1 Å². The lowest BCUT2D eigenvalue weighted by molar-refractivity contribution is -0.146. The number of anilines is 2. The summed E-state index contributed by atoms with van der Waals surface area (Å²) in [5.41, 5.74) is 1.13. The van der Waals surface area contributed by atoms with Gasteiger partial charge in [-0.2, -0.15) is 17.7 Å². The third-order valence-electron chi connectivity index (χ3n) is 5.50. The molecule has 0 radical (unpaired) electrons. The predicted molar refractivity (Wildman–Crippen MR) is 114 cm³/mol. The summed E-state index contributed by atoms with van der Waals surface area (Å²) in [6.07, 6.45) is -3.61. The third kappa shape index (κ3) is 4.73. The van der Waals surface area contributed by atoms with Crippen molar-refractivity contribution in [3.05, 3.63) is 47.8 Å². The Morgan fingerprint density at radius 1 is 1.03 bits per heavy atom. The summed E-state index contributed by atoms with van der Waals surface area (Å²) in [6, 6.07) is 9.71. The fourth-order valence-corrected chi connectivity index (χ4v) is 3.69. The first-order valence-corrected chi connectivity index (χ1v) is 10.3. The number of fused-ring (bicyclic) bond motifs is 1. The van der Waals surface area contributed by atoms with Crippen LogP contribution in [-0.2, 0) is 11.0 Å². The number of nitrogens with zero attached hydrogens (tertiary/aromatic N) is 6. The van der Waals surface area contributed by atoms with Crippen LogP contribution in [0.15, 0.2) is 36.4 Å². The zero-order valence-electron chi connectivity index (χ0n) is 18.0. The molecule has 174 valence electrons. The molecule has 0 bridgehead atoms. The summed E-state index contributed by atoms with van der Waals surface area (Å²) < 4.78 is 40.0. The average Bonchev–Trinajstić information content (AvgIpc) is 3.23. The molecule has 2 aromatic heterocycles. The highest BCUT2D eigenvalue weighted by atomic mass is 19.4. The van der Waals surface area contributed by atoms with Crippen molar-refractivity contribution >= 4 is 29.0 Å². The topological polar surface area (TPSA) is 95.7 Å². The molecular weight excluding hydrogens is 439 g/mol. The summed E-state index contributed by atoms with van der Waals surface area (Å²) in [4.78, 5) is 27.9. The number of nitrogens with one attached hydrogen (secondary N) is 1. The van der Waals surface area contributed by atoms with Crippen LogP contribution < -0.4 is 10.2 Å². The molecular formula is C21H22F3N7O2. The Balaban J connectivity index is 1.38. The molecule has 33 heavy (non-hydrogen) atoms. The molecule has 0 unspecified atom stereocenters. The van der Waals surface area contributed by atoms with Crippen molar-refractivity contribution in [3.8, 4) is 0 Å². The van der Waals surface area contributed by atoms with E-state index < -0.39 is 12.0 Å². The molecule has 0 saturated carbocycles. The van der Waals surface area contributed by atoms with E-state index in [2.05, 4.69) is 20.6 Å². The molecule has 0 spiro atoms. The molecule has 3 aromatic rings. The van der Waals surface area contributed by atoms with Crippen molar-refractivity contribution in [3.63, 3.8) is 0 Å². The highest BCUT2D eigenvalue weighted by Crippen LogP contribution is 2.29. The van der Waals surface area contributed by atoms with E-state index in [-0.39, 0.29) is 23.4 Å². The van der Waals surface area contributed by atoms with Gasteiger partial charge in [-0.25, -0.2) is 0 Å². The molecule has 3 heterocycles. The third-order valence-corrected chi connectivity index (χ3v) is 5.50. The van der Waals surface area contributed by atoms with Gasteiger partial charge in [-0.1, -0.05) is 0 Å². The Bertz CT molecular complexity index is 1170. The van der Waals surface area contributed by atoms with Gasteiger partial charge in [-0.3, -0.25) is 9.59 Å². The number of hydrogen-bond acceptors (Lipinski definition) is 6. The van der Waals surface area contributed by atoms with E-state index in [4.69, 9.17) is 0 Å². The smallest absolute Gasteiger partial charge is 0.355 e. The van der Waals surface area contributed by atoms with Crippen molar-refractivity contribution in [2.24, 2.45) is 5.92 Å². The molecule has 1 aromatic carbocycles. The highest BCUT2D eigenvalue weighted by Gasteiger charge is 2.38. The van der Waals surface area contributed by atoms with Crippen LogP contribution in [0, 0.1) is 5.92 Å². The lowest BCUT2D eigenvalue weighted by Gasteiger charge is -2.32. The maximum absolute atomic E-state index is 13.1. The number of aromatic nitrogens is 4. The van der Waals surface area contributed by atoms with Crippen molar-refractivity contribution in [2.45, 2.75) is 19.0 Å². The second-order valence-electron chi connectivity index (χ2n) is 8.01. The summed E-state index contributed by atoms with van der Waals surface area (Å²) in [6.45, 7) is 0.937. The first kappa shape index (κ1) is 22.5. The Morgan fingerprint density at radius 2 is 1.70 bits per heavy atom. The van der Waals surface area contributed by atoms with Gasteiger partial charge in [0, 0.05) is 44.4 Å². The first-order valence-electron chi connectivity index (χ1n) is 10.3. The fourth-order valence-electron chi connectivity index (χ4n) is 3.69. The summed E-state index contributed by atoms with van der Waals surface area (Å²) >= 11 is 0. The van der Waals surface area contributed by atoms with Crippen LogP contribution >= 0.6 is 0 Å². The number of carbonyl (C=O) groups is 2. The van der Waals surface area contributed by atoms with Crippen LogP contribution in [0.3, 0.4) is 0 Å². The van der Waals surface area contributed by atoms with Crippen molar-refractivity contribution in [1.82, 2.24) is 24.7 Å². The minimum Gasteiger partial charge on any atom is -0.355 e. The van der Waals surface area contributed by atoms with Crippen molar-refractivity contribution in [1.29, 1.82) is 0 Å². The van der Waals surface area contributed by atoms with E-state index in [9.17, 15) is 22.8 Å². The van der Waals surface area contributed by atoms with Crippen LogP contribution in [0.5, 0.6) is 0 Å². The first-order chi connectivity index (χ1) is 15.6. The second kappa shape index (κ2) is 8.68. The zero-order chi connectivity index (χ0) is 23.8. The Hall–Kier alpha value is -3.70. The molecule has 0 aliphatic carbocycles. The van der Waals surface area contributed by atoms with Gasteiger partial charge in [0.25, 0.3) is 11.7 Å². The molecule has 1 aliphatic heterocycles. The highest BCUT2D eigenvalue weighted by molar-refractivity contribution is 5.96. The summed E-state index contributed by atoms with van der Waals surface area (Å²) in [5, 5.41) is 13.6. The molecule has 4 rings (SSSR count). The number of carbonyl (C=O) groups excluding carboxylic acids is 2. The maximum Gasteiger partial charge on any atom is 0.453 e. The summed E-state index contributed by atoms with van der Waals surface area (Å²) in [7, 11) is 3.33. The van der Waals surface area contributed by atoms with Crippen LogP contribution in [0.1, 0.15) is 29.0 Å². The van der Waals surface area contributed by atoms with Gasteiger partial charge >= 0.3 is 6.18 Å². The summed E-state index contributed by atoms with van der Waals surface area (Å²) in [5.74, 6) is -1.31. The van der Waals surface area contributed by atoms with Crippen molar-refractivity contribution in [2.75, 3.05) is 37.4 Å². The van der Waals surface area contributed by atoms with Gasteiger partial charge in [0.2, 0.25) is 5.91 Å². The molecule has 1 fully saturated rings. The number of piperidine rings is 1. The van der Waals surface area contributed by atoms with Gasteiger partial charge in [-0.05, 0) is 49.2 Å². The van der Waals surface area contributed by atoms with E-state index in [1.54, 1.807) is 44.4 Å². The van der Waals surface area contributed by atoms with Gasteiger partial charge in [0.1, 0.15) is 5.82 Å². The molecule has 12 heteroatoms. The van der Waals surface area contributed by atoms with E-state index in [0.29, 0.717) is 47.5 Å². The Labute approximate surface area is 187 Å². The fraction of sp³-hybridized carbons (Fsp3) is 0.381. The lowest BCUT2D eigenvalue weighted by atomic mass is 9.95. The normalized spacial score (nSPS) is 15.0.